The summed E-state index contributed by atoms with van der Waals surface area (Å²) in [6.07, 6.45) is 7.86. The molecular weight excluding hydrogens is 296 g/mol. The molecule has 0 aromatic carbocycles. The van der Waals surface area contributed by atoms with Crippen LogP contribution >= 0.6 is 0 Å². The smallest absolute Gasteiger partial charge is 0.407 e. The van der Waals surface area contributed by atoms with Gasteiger partial charge in [0.15, 0.2) is 0 Å². The van der Waals surface area contributed by atoms with Gasteiger partial charge < -0.3 is 10.1 Å². The SMILES string of the molecule is O=C(NCc1cn(-c2ccncc2)nn1)OCc1ccncc1. The first-order valence-electron chi connectivity index (χ1n) is 6.92. The Balaban J connectivity index is 1.49. The Morgan fingerprint density at radius 1 is 1.09 bits per heavy atom. The average Bonchev–Trinajstić information content (AvgIpc) is 3.09. The van der Waals surface area contributed by atoms with Gasteiger partial charge in [0.05, 0.1) is 18.4 Å². The first kappa shape index (κ1) is 14.6. The lowest BCUT2D eigenvalue weighted by molar-refractivity contribution is 0.139. The third kappa shape index (κ3) is 4.10. The molecule has 3 aromatic rings. The lowest BCUT2D eigenvalue weighted by Crippen LogP contribution is -2.23. The van der Waals surface area contributed by atoms with Crippen molar-refractivity contribution in [2.75, 3.05) is 0 Å². The number of carbonyl (C=O) groups is 1. The number of ether oxygens (including phenoxy) is 1. The van der Waals surface area contributed by atoms with Crippen molar-refractivity contribution in [2.24, 2.45) is 0 Å². The highest BCUT2D eigenvalue weighted by Gasteiger charge is 2.06. The molecule has 8 heteroatoms. The van der Waals surface area contributed by atoms with Gasteiger partial charge in [0, 0.05) is 24.8 Å². The van der Waals surface area contributed by atoms with Crippen molar-refractivity contribution in [3.63, 3.8) is 0 Å². The second-order valence-corrected chi connectivity index (χ2v) is 4.65. The molecule has 0 aliphatic carbocycles. The van der Waals surface area contributed by atoms with E-state index in [1.807, 2.05) is 12.1 Å². The Morgan fingerprint density at radius 2 is 1.78 bits per heavy atom. The predicted octanol–water partition coefficient (Wildman–Crippen LogP) is 1.48. The van der Waals surface area contributed by atoms with Crippen LogP contribution in [-0.4, -0.2) is 31.1 Å². The van der Waals surface area contributed by atoms with Crippen LogP contribution in [-0.2, 0) is 17.9 Å². The molecule has 1 amide bonds. The van der Waals surface area contributed by atoms with Crippen LogP contribution in [0.2, 0.25) is 0 Å². The summed E-state index contributed by atoms with van der Waals surface area (Å²) < 4.78 is 6.71. The maximum atomic E-state index is 11.7. The van der Waals surface area contributed by atoms with Gasteiger partial charge in [0.25, 0.3) is 0 Å². The summed E-state index contributed by atoms with van der Waals surface area (Å²) in [5, 5.41) is 10.6. The minimum atomic E-state index is -0.514. The van der Waals surface area contributed by atoms with Crippen molar-refractivity contribution in [2.45, 2.75) is 13.2 Å². The lowest BCUT2D eigenvalue weighted by atomic mass is 10.3. The molecule has 0 atom stereocenters. The second-order valence-electron chi connectivity index (χ2n) is 4.65. The normalized spacial score (nSPS) is 10.3. The molecule has 3 aromatic heterocycles. The number of nitrogens with zero attached hydrogens (tertiary/aromatic N) is 5. The highest BCUT2D eigenvalue weighted by molar-refractivity contribution is 5.67. The molecular formula is C15H14N6O2. The van der Waals surface area contributed by atoms with Crippen LogP contribution in [0.3, 0.4) is 0 Å². The van der Waals surface area contributed by atoms with Gasteiger partial charge in [-0.2, -0.15) is 0 Å². The van der Waals surface area contributed by atoms with Crippen LogP contribution in [0.25, 0.3) is 5.69 Å². The van der Waals surface area contributed by atoms with Gasteiger partial charge in [-0.3, -0.25) is 9.97 Å². The molecule has 0 aliphatic rings. The van der Waals surface area contributed by atoms with E-state index in [4.69, 9.17) is 4.74 Å². The van der Waals surface area contributed by atoms with Crippen LogP contribution in [0, 0.1) is 0 Å². The quantitative estimate of drug-likeness (QED) is 0.767. The number of amides is 1. The van der Waals surface area contributed by atoms with Gasteiger partial charge in [-0.1, -0.05) is 5.21 Å². The fourth-order valence-corrected chi connectivity index (χ4v) is 1.84. The standard InChI is InChI=1S/C15H14N6O2/c22-15(23-11-12-1-5-16-6-2-12)18-9-13-10-21(20-19-13)14-3-7-17-8-4-14/h1-8,10H,9,11H2,(H,18,22). The molecule has 0 bridgehead atoms. The van der Waals surface area contributed by atoms with E-state index in [1.165, 1.54) is 0 Å². The summed E-state index contributed by atoms with van der Waals surface area (Å²) in [4.78, 5) is 19.5. The summed E-state index contributed by atoms with van der Waals surface area (Å²) >= 11 is 0. The molecule has 1 N–H and O–H groups in total. The monoisotopic (exact) mass is 310 g/mol. The number of hydrogen-bond acceptors (Lipinski definition) is 6. The number of hydrogen-bond donors (Lipinski definition) is 1. The first-order chi connectivity index (χ1) is 11.3. The third-order valence-electron chi connectivity index (χ3n) is 3.00. The van der Waals surface area contributed by atoms with Gasteiger partial charge in [-0.15, -0.1) is 5.10 Å². The fraction of sp³-hybridized carbons (Fsp3) is 0.133. The Morgan fingerprint density at radius 3 is 2.52 bits per heavy atom. The number of alkyl carbamates (subject to hydrolysis) is 1. The fourth-order valence-electron chi connectivity index (χ4n) is 1.84. The topological polar surface area (TPSA) is 94.8 Å². The highest BCUT2D eigenvalue weighted by Crippen LogP contribution is 2.04. The number of rotatable bonds is 5. The lowest BCUT2D eigenvalue weighted by Gasteiger charge is -2.05. The molecule has 0 fully saturated rings. The zero-order valence-corrected chi connectivity index (χ0v) is 12.2. The van der Waals surface area contributed by atoms with E-state index in [9.17, 15) is 4.79 Å². The van der Waals surface area contributed by atoms with E-state index in [0.29, 0.717) is 5.69 Å². The summed E-state index contributed by atoms with van der Waals surface area (Å²) in [5.41, 5.74) is 2.35. The Hall–Kier alpha value is -3.29. The van der Waals surface area contributed by atoms with Crippen LogP contribution < -0.4 is 5.32 Å². The molecule has 116 valence electrons. The average molecular weight is 310 g/mol. The molecule has 0 aliphatic heterocycles. The second kappa shape index (κ2) is 7.12. The number of carbonyl (C=O) groups excluding carboxylic acids is 1. The largest absolute Gasteiger partial charge is 0.445 e. The molecule has 0 saturated heterocycles. The van der Waals surface area contributed by atoms with Crippen LogP contribution in [0.1, 0.15) is 11.3 Å². The highest BCUT2D eigenvalue weighted by atomic mass is 16.5. The van der Waals surface area contributed by atoms with Crippen LogP contribution in [0.5, 0.6) is 0 Å². The van der Waals surface area contributed by atoms with Gasteiger partial charge in [-0.05, 0) is 29.8 Å². The zero-order chi connectivity index (χ0) is 15.9. The Bertz CT molecular complexity index is 760. The third-order valence-corrected chi connectivity index (χ3v) is 3.00. The number of pyridine rings is 2. The van der Waals surface area contributed by atoms with Crippen molar-refractivity contribution < 1.29 is 9.53 Å². The molecule has 8 nitrogen and oxygen atoms in total. The molecule has 0 unspecified atom stereocenters. The molecule has 0 radical (unpaired) electrons. The van der Waals surface area contributed by atoms with E-state index >= 15 is 0 Å². The van der Waals surface area contributed by atoms with Crippen LogP contribution in [0.15, 0.2) is 55.2 Å². The maximum absolute atomic E-state index is 11.7. The van der Waals surface area contributed by atoms with E-state index in [-0.39, 0.29) is 13.2 Å². The van der Waals surface area contributed by atoms with Crippen molar-refractivity contribution in [1.29, 1.82) is 0 Å². The van der Waals surface area contributed by atoms with Crippen molar-refractivity contribution in [3.8, 4) is 5.69 Å². The van der Waals surface area contributed by atoms with E-state index < -0.39 is 6.09 Å². The molecule has 23 heavy (non-hydrogen) atoms. The van der Waals surface area contributed by atoms with E-state index in [1.54, 1.807) is 47.8 Å². The van der Waals surface area contributed by atoms with Gasteiger partial charge in [0.1, 0.15) is 12.3 Å². The summed E-state index contributed by atoms with van der Waals surface area (Å²) in [5.74, 6) is 0. The van der Waals surface area contributed by atoms with Crippen molar-refractivity contribution >= 4 is 6.09 Å². The van der Waals surface area contributed by atoms with Gasteiger partial charge in [0.2, 0.25) is 0 Å². The molecule has 0 spiro atoms. The minimum absolute atomic E-state index is 0.193. The first-order valence-corrected chi connectivity index (χ1v) is 6.92. The molecule has 3 rings (SSSR count). The predicted molar refractivity (Wildman–Crippen MR) is 80.4 cm³/mol. The number of nitrogens with one attached hydrogen (secondary N) is 1. The molecule has 3 heterocycles. The van der Waals surface area contributed by atoms with E-state index in [0.717, 1.165) is 11.3 Å². The Kier molecular flexibility index (Phi) is 4.53. The minimum Gasteiger partial charge on any atom is -0.445 e. The van der Waals surface area contributed by atoms with Crippen molar-refractivity contribution in [1.82, 2.24) is 30.3 Å². The summed E-state index contributed by atoms with van der Waals surface area (Å²) in [6.45, 7) is 0.429. The van der Waals surface area contributed by atoms with E-state index in [2.05, 4.69) is 25.6 Å². The number of aromatic nitrogens is 5. The Labute approximate surface area is 132 Å². The van der Waals surface area contributed by atoms with Gasteiger partial charge >= 0.3 is 6.09 Å². The maximum Gasteiger partial charge on any atom is 0.407 e. The zero-order valence-electron chi connectivity index (χ0n) is 12.2. The summed E-state index contributed by atoms with van der Waals surface area (Å²) in [7, 11) is 0. The van der Waals surface area contributed by atoms with Crippen molar-refractivity contribution in [3.05, 3.63) is 66.5 Å². The molecule has 0 saturated carbocycles. The summed E-state index contributed by atoms with van der Waals surface area (Å²) in [6, 6.07) is 7.20. The van der Waals surface area contributed by atoms with Gasteiger partial charge in [-0.25, -0.2) is 9.48 Å². The van der Waals surface area contributed by atoms with Crippen LogP contribution in [0.4, 0.5) is 4.79 Å².